The average molecular weight is 519 g/mol. The van der Waals surface area contributed by atoms with Gasteiger partial charge in [0, 0.05) is 47.0 Å². The molecule has 2 aromatic carbocycles. The number of allylic oxidation sites excluding steroid dienone is 1. The molecule has 3 heterocycles. The van der Waals surface area contributed by atoms with Gasteiger partial charge < -0.3 is 0 Å². The summed E-state index contributed by atoms with van der Waals surface area (Å²) in [6, 6.07) is 15.2. The highest BCUT2D eigenvalue weighted by Gasteiger charge is 2.36. The normalized spacial score (nSPS) is 16.9. The number of carbonyl (C=O) groups excluding carboxylic acids is 1. The van der Waals surface area contributed by atoms with Crippen molar-refractivity contribution in [1.82, 2.24) is 14.8 Å². The second kappa shape index (κ2) is 9.45. The summed E-state index contributed by atoms with van der Waals surface area (Å²) in [5.41, 5.74) is 4.02. The molecule has 8 heteroatoms. The fourth-order valence-electron chi connectivity index (χ4n) is 4.51. The number of hydrogen-bond donors (Lipinski definition) is 0. The molecular weight excluding hydrogens is 498 g/mol. The fraction of sp³-hybridized carbons (Fsp3) is 0.143. The number of nitrogens with zero attached hydrogens (tertiary/aromatic N) is 4. The van der Waals surface area contributed by atoms with E-state index in [-0.39, 0.29) is 18.0 Å². The van der Waals surface area contributed by atoms with Gasteiger partial charge in [0.15, 0.2) is 5.78 Å². The number of ketones is 1. The first kappa shape index (κ1) is 24.1. The third-order valence-electron chi connectivity index (χ3n) is 6.22. The molecule has 4 aromatic rings. The minimum absolute atomic E-state index is 0.0428. The quantitative estimate of drug-likeness (QED) is 0.287. The van der Waals surface area contributed by atoms with Crippen LogP contribution in [0.5, 0.6) is 0 Å². The maximum atomic E-state index is 13.6. The first-order chi connectivity index (χ1) is 17.3. The van der Waals surface area contributed by atoms with E-state index in [9.17, 15) is 9.18 Å². The van der Waals surface area contributed by atoms with Gasteiger partial charge in [-0.25, -0.2) is 4.39 Å². The molecule has 0 fully saturated rings. The molecule has 180 valence electrons. The molecule has 36 heavy (non-hydrogen) atoms. The smallest absolute Gasteiger partial charge is 0.185 e. The number of aromatic nitrogens is 3. The maximum absolute atomic E-state index is 13.6. The van der Waals surface area contributed by atoms with Crippen LogP contribution in [0.25, 0.3) is 22.4 Å². The van der Waals surface area contributed by atoms with E-state index in [1.54, 1.807) is 53.5 Å². The fourth-order valence-corrected chi connectivity index (χ4v) is 5.04. The summed E-state index contributed by atoms with van der Waals surface area (Å²) in [7, 11) is 1.84. The Morgan fingerprint density at radius 3 is 2.33 bits per heavy atom. The van der Waals surface area contributed by atoms with Crippen molar-refractivity contribution in [2.24, 2.45) is 12.0 Å². The third-order valence-corrected chi connectivity index (χ3v) is 6.92. The van der Waals surface area contributed by atoms with Crippen molar-refractivity contribution in [2.75, 3.05) is 0 Å². The van der Waals surface area contributed by atoms with Crippen LogP contribution in [-0.2, 0) is 23.8 Å². The van der Waals surface area contributed by atoms with Gasteiger partial charge in [0.2, 0.25) is 0 Å². The van der Waals surface area contributed by atoms with Crippen LogP contribution < -0.4 is 0 Å². The van der Waals surface area contributed by atoms with Crippen LogP contribution in [0.15, 0.2) is 84.1 Å². The lowest BCUT2D eigenvalue weighted by Crippen LogP contribution is -2.21. The van der Waals surface area contributed by atoms with E-state index in [2.05, 4.69) is 4.98 Å². The Morgan fingerprint density at radius 2 is 1.67 bits per heavy atom. The van der Waals surface area contributed by atoms with Gasteiger partial charge in [-0.2, -0.15) is 5.10 Å². The average Bonchev–Trinajstić information content (AvgIpc) is 3.43. The predicted molar refractivity (Wildman–Crippen MR) is 141 cm³/mol. The molecule has 0 saturated heterocycles. The summed E-state index contributed by atoms with van der Waals surface area (Å²) in [6.45, 7) is 1.93. The van der Waals surface area contributed by atoms with Crippen LogP contribution in [0.2, 0.25) is 10.0 Å². The first-order valence-corrected chi connectivity index (χ1v) is 12.0. The first-order valence-electron chi connectivity index (χ1n) is 11.3. The minimum Gasteiger partial charge on any atom is -0.292 e. The third kappa shape index (κ3) is 4.38. The highest BCUT2D eigenvalue weighted by atomic mass is 35.5. The zero-order chi connectivity index (χ0) is 25.4. The largest absolute Gasteiger partial charge is 0.292 e. The highest BCUT2D eigenvalue weighted by molar-refractivity contribution is 6.46. The van der Waals surface area contributed by atoms with Crippen molar-refractivity contribution in [3.63, 3.8) is 0 Å². The Hall–Kier alpha value is -3.61. The van der Waals surface area contributed by atoms with Crippen LogP contribution in [0.3, 0.4) is 0 Å². The molecule has 0 N–H and O–H groups in total. The number of aliphatic imine (C=N–C) groups is 1. The lowest BCUT2D eigenvalue weighted by Gasteiger charge is -2.21. The maximum Gasteiger partial charge on any atom is 0.185 e. The second-order valence-electron chi connectivity index (χ2n) is 8.72. The number of benzene rings is 2. The summed E-state index contributed by atoms with van der Waals surface area (Å²) in [6.07, 6.45) is 7.08. The predicted octanol–water partition coefficient (Wildman–Crippen LogP) is 6.63. The Kier molecular flexibility index (Phi) is 6.33. The summed E-state index contributed by atoms with van der Waals surface area (Å²) in [4.78, 5) is 22.2. The van der Waals surface area contributed by atoms with Gasteiger partial charge in [0.1, 0.15) is 22.8 Å². The monoisotopic (exact) mass is 518 g/mol. The van der Waals surface area contributed by atoms with Gasteiger partial charge in [-0.05, 0) is 78.7 Å². The van der Waals surface area contributed by atoms with Gasteiger partial charge in [0.25, 0.3) is 0 Å². The van der Waals surface area contributed by atoms with E-state index in [4.69, 9.17) is 33.3 Å². The van der Waals surface area contributed by atoms with Crippen LogP contribution in [0.1, 0.15) is 18.2 Å². The number of rotatable bonds is 6. The molecule has 5 nitrogen and oxygen atoms in total. The number of aryl methyl sites for hydroxylation is 1. The standard InChI is InChI=1S/C28H21Cl2FN4O/c1-28(13-10-23(33-28)24(36)16-20-21(29)4-3-5-22(20)30)27-25(17-11-14-32-15-12-17)26(34-35(27)2)18-6-8-19(31)9-7-18/h3-15H,16H2,1-2H3. The number of carbonyl (C=O) groups is 1. The van der Waals surface area contributed by atoms with E-state index in [0.29, 0.717) is 27.0 Å². The molecular formula is C28H21Cl2FN4O. The van der Waals surface area contributed by atoms with Crippen molar-refractivity contribution < 1.29 is 9.18 Å². The zero-order valence-corrected chi connectivity index (χ0v) is 21.1. The molecule has 5 rings (SSSR count). The molecule has 0 spiro atoms. The zero-order valence-electron chi connectivity index (χ0n) is 19.5. The molecule has 0 saturated carbocycles. The molecule has 1 aliphatic heterocycles. The summed E-state index contributed by atoms with van der Waals surface area (Å²) >= 11 is 12.6. The van der Waals surface area contributed by atoms with Gasteiger partial charge in [0.05, 0.1) is 5.69 Å². The lowest BCUT2D eigenvalue weighted by molar-refractivity contribution is -0.112. The molecule has 0 aliphatic carbocycles. The second-order valence-corrected chi connectivity index (χ2v) is 9.53. The molecule has 2 aromatic heterocycles. The summed E-state index contributed by atoms with van der Waals surface area (Å²) < 4.78 is 15.4. The molecule has 0 radical (unpaired) electrons. The molecule has 0 bridgehead atoms. The van der Waals surface area contributed by atoms with Gasteiger partial charge in [-0.15, -0.1) is 0 Å². The Labute approximate surface area is 217 Å². The molecule has 0 amide bonds. The molecule has 1 aliphatic rings. The van der Waals surface area contributed by atoms with Gasteiger partial charge >= 0.3 is 0 Å². The minimum atomic E-state index is -0.867. The lowest BCUT2D eigenvalue weighted by atomic mass is 9.90. The van der Waals surface area contributed by atoms with Crippen molar-refractivity contribution >= 4 is 34.7 Å². The number of hydrogen-bond acceptors (Lipinski definition) is 4. The Bertz CT molecular complexity index is 1510. The van der Waals surface area contributed by atoms with Crippen molar-refractivity contribution in [1.29, 1.82) is 0 Å². The number of pyridine rings is 1. The topological polar surface area (TPSA) is 60.1 Å². The summed E-state index contributed by atoms with van der Waals surface area (Å²) in [5, 5.41) is 5.67. The van der Waals surface area contributed by atoms with Gasteiger partial charge in [-0.1, -0.05) is 29.3 Å². The van der Waals surface area contributed by atoms with Crippen LogP contribution in [0.4, 0.5) is 4.39 Å². The van der Waals surface area contributed by atoms with Crippen molar-refractivity contribution in [3.8, 4) is 22.4 Å². The Morgan fingerprint density at radius 1 is 1.00 bits per heavy atom. The van der Waals surface area contributed by atoms with E-state index in [1.807, 2.05) is 32.2 Å². The van der Waals surface area contributed by atoms with E-state index in [0.717, 1.165) is 22.4 Å². The van der Waals surface area contributed by atoms with E-state index in [1.165, 1.54) is 12.1 Å². The highest BCUT2D eigenvalue weighted by Crippen LogP contribution is 2.42. The molecule has 1 unspecified atom stereocenters. The van der Waals surface area contributed by atoms with Crippen molar-refractivity contribution in [3.05, 3.63) is 106 Å². The number of halogens is 3. The van der Waals surface area contributed by atoms with Crippen LogP contribution >= 0.6 is 23.2 Å². The van der Waals surface area contributed by atoms with Crippen molar-refractivity contribution in [2.45, 2.75) is 18.9 Å². The summed E-state index contributed by atoms with van der Waals surface area (Å²) in [5.74, 6) is -0.506. The van der Waals surface area contributed by atoms with Crippen LogP contribution in [-0.4, -0.2) is 26.3 Å². The van der Waals surface area contributed by atoms with E-state index >= 15 is 0 Å². The number of Topliss-reactive ketones (excluding diaryl/α,β-unsaturated/α-hetero) is 1. The van der Waals surface area contributed by atoms with Crippen LogP contribution in [0, 0.1) is 5.82 Å². The Balaban J connectivity index is 1.59. The molecule has 1 atom stereocenters. The van der Waals surface area contributed by atoms with Gasteiger partial charge in [-0.3, -0.25) is 19.5 Å². The SMILES string of the molecule is Cn1nc(-c2ccc(F)cc2)c(-c2ccncc2)c1C1(C)C=CC(C(=O)Cc2c(Cl)cccc2Cl)=N1. The van der Waals surface area contributed by atoms with E-state index < -0.39 is 5.54 Å².